The second kappa shape index (κ2) is 17.1. The van der Waals surface area contributed by atoms with Crippen LogP contribution in [0.5, 0.6) is 0 Å². The van der Waals surface area contributed by atoms with Crippen molar-refractivity contribution < 1.29 is 8.83 Å². The van der Waals surface area contributed by atoms with Gasteiger partial charge in [-0.15, -0.1) is 0 Å². The van der Waals surface area contributed by atoms with Crippen LogP contribution in [-0.2, 0) is 0 Å². The lowest BCUT2D eigenvalue weighted by Crippen LogP contribution is -2.10. The van der Waals surface area contributed by atoms with Gasteiger partial charge in [-0.25, -0.2) is 0 Å². The summed E-state index contributed by atoms with van der Waals surface area (Å²) in [5.74, 6) is 0. The van der Waals surface area contributed by atoms with Crippen LogP contribution in [0.2, 0.25) is 0 Å². The normalized spacial score (nSPS) is 11.6. The topological polar surface area (TPSA) is 32.8 Å². The van der Waals surface area contributed by atoms with Gasteiger partial charge in [-0.1, -0.05) is 170 Å². The van der Waals surface area contributed by atoms with Crippen molar-refractivity contribution in [3.05, 3.63) is 267 Å². The van der Waals surface area contributed by atoms with Gasteiger partial charge in [0.05, 0.1) is 11.4 Å². The Labute approximate surface area is 416 Å². The molecule has 0 aliphatic carbocycles. The molecule has 2 heterocycles. The van der Waals surface area contributed by atoms with Crippen LogP contribution in [0.4, 0.5) is 34.1 Å². The van der Waals surface area contributed by atoms with E-state index < -0.39 is 0 Å². The van der Waals surface area contributed by atoms with Gasteiger partial charge in [-0.05, 0) is 130 Å². The van der Waals surface area contributed by atoms with E-state index in [0.29, 0.717) is 0 Å². The van der Waals surface area contributed by atoms with E-state index in [1.54, 1.807) is 0 Å². The molecule has 0 saturated heterocycles. The van der Waals surface area contributed by atoms with Crippen LogP contribution in [-0.4, -0.2) is 0 Å². The summed E-state index contributed by atoms with van der Waals surface area (Å²) in [5, 5.41) is 9.08. The number of anilines is 6. The van der Waals surface area contributed by atoms with Gasteiger partial charge >= 0.3 is 0 Å². The molecule has 0 aliphatic heterocycles. The molecule has 0 bridgehead atoms. The van der Waals surface area contributed by atoms with Gasteiger partial charge in [0.25, 0.3) is 0 Å². The van der Waals surface area contributed by atoms with Gasteiger partial charge in [0.1, 0.15) is 22.3 Å². The molecule has 4 heteroatoms. The average molecular weight is 921 g/mol. The zero-order valence-electron chi connectivity index (χ0n) is 39.1. The summed E-state index contributed by atoms with van der Waals surface area (Å²) in [4.78, 5) is 4.72. The lowest BCUT2D eigenvalue weighted by molar-refractivity contribution is 0.668. The molecule has 14 rings (SSSR count). The molecule has 0 amide bonds. The highest BCUT2D eigenvalue weighted by atomic mass is 16.3. The molecule has 0 aliphatic rings. The molecule has 4 nitrogen and oxygen atoms in total. The van der Waals surface area contributed by atoms with Crippen LogP contribution in [0.1, 0.15) is 0 Å². The van der Waals surface area contributed by atoms with Gasteiger partial charge < -0.3 is 18.6 Å². The minimum absolute atomic E-state index is 0.843. The number of furan rings is 2. The van der Waals surface area contributed by atoms with Crippen molar-refractivity contribution in [1.82, 2.24) is 0 Å². The van der Waals surface area contributed by atoms with E-state index in [1.807, 2.05) is 12.1 Å². The van der Waals surface area contributed by atoms with Crippen molar-refractivity contribution in [2.75, 3.05) is 9.80 Å². The maximum absolute atomic E-state index is 6.66. The first-order chi connectivity index (χ1) is 35.7. The fourth-order valence-corrected chi connectivity index (χ4v) is 11.1. The monoisotopic (exact) mass is 920 g/mol. The number of hydrogen-bond acceptors (Lipinski definition) is 4. The third-order valence-corrected chi connectivity index (χ3v) is 14.2. The highest BCUT2D eigenvalue weighted by molar-refractivity contribution is 6.20. The van der Waals surface area contributed by atoms with Crippen LogP contribution in [0, 0.1) is 0 Å². The zero-order valence-corrected chi connectivity index (χ0v) is 39.1. The summed E-state index contributed by atoms with van der Waals surface area (Å²) in [5.41, 5.74) is 16.5. The summed E-state index contributed by atoms with van der Waals surface area (Å²) in [6.07, 6.45) is 0. The predicted molar refractivity (Wildman–Crippen MR) is 302 cm³/mol. The molecule has 12 aromatic carbocycles. The first-order valence-corrected chi connectivity index (χ1v) is 24.5. The van der Waals surface area contributed by atoms with E-state index in [4.69, 9.17) is 8.83 Å². The van der Waals surface area contributed by atoms with Gasteiger partial charge in [0.15, 0.2) is 0 Å². The summed E-state index contributed by atoms with van der Waals surface area (Å²) in [6.45, 7) is 0. The fourth-order valence-electron chi connectivity index (χ4n) is 11.1. The Hall–Kier alpha value is -9.64. The Kier molecular flexibility index (Phi) is 9.82. The van der Waals surface area contributed by atoms with Gasteiger partial charge in [0.2, 0.25) is 0 Å². The molecule has 338 valence electrons. The maximum atomic E-state index is 6.66. The van der Waals surface area contributed by atoms with E-state index in [-0.39, 0.29) is 0 Å². The first kappa shape index (κ1) is 41.3. The third-order valence-electron chi connectivity index (χ3n) is 14.2. The molecular formula is C68H44N2O2. The van der Waals surface area contributed by atoms with Crippen molar-refractivity contribution in [1.29, 1.82) is 0 Å². The summed E-state index contributed by atoms with van der Waals surface area (Å²) in [6, 6.07) is 95.3. The van der Waals surface area contributed by atoms with Crippen molar-refractivity contribution in [2.45, 2.75) is 0 Å². The zero-order chi connectivity index (χ0) is 47.5. The number of nitrogens with zero attached hydrogens (tertiary/aromatic N) is 2. The summed E-state index contributed by atoms with van der Waals surface area (Å²) in [7, 11) is 0. The highest BCUT2D eigenvalue weighted by Crippen LogP contribution is 2.50. The third kappa shape index (κ3) is 6.84. The number of hydrogen-bond donors (Lipinski definition) is 0. The molecule has 14 aromatic rings. The fraction of sp³-hybridized carbons (Fsp3) is 0. The maximum Gasteiger partial charge on any atom is 0.136 e. The molecule has 72 heavy (non-hydrogen) atoms. The summed E-state index contributed by atoms with van der Waals surface area (Å²) < 4.78 is 13.3. The molecule has 0 N–H and O–H groups in total. The Morgan fingerprint density at radius 1 is 0.236 bits per heavy atom. The SMILES string of the molecule is c1ccc(N(c2ccc(-c3c(-c4ccc5oc6ccccc6c5c4-c4ccc(N(c5ccccc5)c5cccc6ccccc56)cc4)ccc4oc5ccccc5c34)cc2)c2cccc3ccccc23)cc1. The average Bonchev–Trinajstić information content (AvgIpc) is 4.03. The Morgan fingerprint density at radius 3 is 1.01 bits per heavy atom. The van der Waals surface area contributed by atoms with Gasteiger partial charge in [0, 0.05) is 66.2 Å². The molecule has 0 saturated carbocycles. The highest BCUT2D eigenvalue weighted by Gasteiger charge is 2.25. The van der Waals surface area contributed by atoms with Crippen LogP contribution >= 0.6 is 0 Å². The van der Waals surface area contributed by atoms with E-state index in [0.717, 1.165) is 111 Å². The molecule has 2 aromatic heterocycles. The minimum atomic E-state index is 0.843. The molecule has 0 spiro atoms. The van der Waals surface area contributed by atoms with E-state index in [1.165, 1.54) is 21.5 Å². The quantitative estimate of drug-likeness (QED) is 0.144. The first-order valence-electron chi connectivity index (χ1n) is 24.5. The van der Waals surface area contributed by atoms with E-state index in [9.17, 15) is 0 Å². The van der Waals surface area contributed by atoms with Crippen LogP contribution < -0.4 is 9.80 Å². The van der Waals surface area contributed by atoms with Gasteiger partial charge in [-0.3, -0.25) is 0 Å². The van der Waals surface area contributed by atoms with Crippen molar-refractivity contribution in [3.63, 3.8) is 0 Å². The lowest BCUT2D eigenvalue weighted by atomic mass is 9.85. The van der Waals surface area contributed by atoms with Crippen LogP contribution in [0.3, 0.4) is 0 Å². The lowest BCUT2D eigenvalue weighted by Gasteiger charge is -2.27. The predicted octanol–water partition coefficient (Wildman–Crippen LogP) is 19.7. The molecule has 0 atom stereocenters. The van der Waals surface area contributed by atoms with E-state index >= 15 is 0 Å². The van der Waals surface area contributed by atoms with Crippen LogP contribution in [0.15, 0.2) is 276 Å². The Morgan fingerprint density at radius 2 is 0.583 bits per heavy atom. The number of benzene rings is 12. The molecule has 0 unspecified atom stereocenters. The van der Waals surface area contributed by atoms with E-state index in [2.05, 4.69) is 265 Å². The molecular weight excluding hydrogens is 877 g/mol. The Bertz CT molecular complexity index is 4030. The number of para-hydroxylation sites is 4. The summed E-state index contributed by atoms with van der Waals surface area (Å²) >= 11 is 0. The largest absolute Gasteiger partial charge is 0.456 e. The standard InChI is InChI=1S/C68H44N2O2/c1-3-21-49(22-4-1)69(59-29-15-19-45-17-7-9-25-53(45)59)51-37-33-47(34-38-51)65-55(41-43-63-67(65)57-27-11-13-31-61(57)71-63)56-42-44-64-68(58-28-12-14-32-62(58)72-64)66(56)48-35-39-52(40-36-48)70(50-23-5-2-6-24-50)60-30-16-20-46-18-8-10-26-54(46)60/h1-44H. The Balaban J connectivity index is 0.984. The van der Waals surface area contributed by atoms with Crippen LogP contribution in [0.25, 0.3) is 98.8 Å². The number of rotatable bonds is 9. The second-order valence-electron chi connectivity index (χ2n) is 18.4. The molecule has 0 fully saturated rings. The smallest absolute Gasteiger partial charge is 0.136 e. The number of fused-ring (bicyclic) bond motifs is 8. The second-order valence-corrected chi connectivity index (χ2v) is 18.4. The minimum Gasteiger partial charge on any atom is -0.456 e. The van der Waals surface area contributed by atoms with Crippen molar-refractivity contribution in [3.8, 4) is 33.4 Å². The van der Waals surface area contributed by atoms with Crippen molar-refractivity contribution in [2.24, 2.45) is 0 Å². The van der Waals surface area contributed by atoms with Crippen molar-refractivity contribution >= 4 is 99.5 Å². The van der Waals surface area contributed by atoms with Gasteiger partial charge in [-0.2, -0.15) is 0 Å². The molecule has 0 radical (unpaired) electrons.